The highest BCUT2D eigenvalue weighted by Gasteiger charge is 2.59. The van der Waals surface area contributed by atoms with Crippen LogP contribution in [0.5, 0.6) is 0 Å². The molecular formula is C11H22O4Si. The van der Waals surface area contributed by atoms with E-state index in [4.69, 9.17) is 18.0 Å². The summed E-state index contributed by atoms with van der Waals surface area (Å²) in [5, 5.41) is 0. The Bertz CT molecular complexity index is 236. The highest BCUT2D eigenvalue weighted by atomic mass is 28.4. The van der Waals surface area contributed by atoms with E-state index in [1.54, 1.807) is 21.3 Å². The van der Waals surface area contributed by atoms with E-state index in [1.165, 1.54) is 6.42 Å². The lowest BCUT2D eigenvalue weighted by Crippen LogP contribution is -2.50. The van der Waals surface area contributed by atoms with Crippen LogP contribution in [-0.2, 0) is 18.0 Å². The van der Waals surface area contributed by atoms with Crippen molar-refractivity contribution >= 4 is 8.80 Å². The summed E-state index contributed by atoms with van der Waals surface area (Å²) in [5.74, 6) is 1.33. The number of methoxy groups -OCH3 is 1. The first-order valence-corrected chi connectivity index (χ1v) is 7.69. The van der Waals surface area contributed by atoms with Gasteiger partial charge in [0.05, 0.1) is 6.10 Å². The fraction of sp³-hybridized carbons (Fsp3) is 1.00. The zero-order valence-corrected chi connectivity index (χ0v) is 11.6. The Labute approximate surface area is 98.6 Å². The van der Waals surface area contributed by atoms with Gasteiger partial charge in [-0.2, -0.15) is 0 Å². The van der Waals surface area contributed by atoms with Crippen molar-refractivity contribution in [3.8, 4) is 0 Å². The summed E-state index contributed by atoms with van der Waals surface area (Å²) in [6.45, 7) is 0. The molecule has 0 N–H and O–H groups in total. The first-order valence-electron chi connectivity index (χ1n) is 5.89. The largest absolute Gasteiger partial charge is 0.503 e. The molecule has 4 unspecified atom stereocenters. The molecule has 16 heavy (non-hydrogen) atoms. The number of ether oxygens (including phenoxy) is 1. The summed E-state index contributed by atoms with van der Waals surface area (Å²) >= 11 is 0. The summed E-state index contributed by atoms with van der Waals surface area (Å²) in [4.78, 5) is 0. The van der Waals surface area contributed by atoms with Gasteiger partial charge >= 0.3 is 8.80 Å². The lowest BCUT2D eigenvalue weighted by molar-refractivity contribution is 0.0431. The fourth-order valence-electron chi connectivity index (χ4n) is 3.65. The Kier molecular flexibility index (Phi) is 3.71. The van der Waals surface area contributed by atoms with Crippen molar-refractivity contribution in [1.82, 2.24) is 0 Å². The van der Waals surface area contributed by atoms with E-state index < -0.39 is 8.80 Å². The van der Waals surface area contributed by atoms with Gasteiger partial charge in [0.1, 0.15) is 0 Å². The Balaban J connectivity index is 2.08. The van der Waals surface area contributed by atoms with Crippen LogP contribution in [-0.4, -0.2) is 43.3 Å². The highest BCUT2D eigenvalue weighted by Crippen LogP contribution is 2.56. The predicted molar refractivity (Wildman–Crippen MR) is 62.2 cm³/mol. The lowest BCUT2D eigenvalue weighted by Gasteiger charge is -2.36. The maximum absolute atomic E-state index is 5.60. The molecule has 0 aromatic heterocycles. The van der Waals surface area contributed by atoms with Crippen molar-refractivity contribution in [2.24, 2.45) is 11.8 Å². The SMILES string of the molecule is COC1CC2CC1CC2[Si](OC)(OC)OC. The van der Waals surface area contributed by atoms with Crippen LogP contribution in [0.3, 0.4) is 0 Å². The lowest BCUT2D eigenvalue weighted by atomic mass is 9.97. The maximum atomic E-state index is 5.60. The first kappa shape index (κ1) is 12.5. The molecule has 2 fully saturated rings. The number of fused-ring (bicyclic) bond motifs is 2. The van der Waals surface area contributed by atoms with E-state index in [9.17, 15) is 0 Å². The third-order valence-electron chi connectivity index (χ3n) is 4.40. The molecule has 94 valence electrons. The van der Waals surface area contributed by atoms with Crippen LogP contribution >= 0.6 is 0 Å². The standard InChI is InChI=1S/C11H22O4Si/c1-12-10-6-9-5-8(10)7-11(9)16(13-2,14-3)15-4/h8-11H,5-7H2,1-4H3. The van der Waals surface area contributed by atoms with Crippen molar-refractivity contribution in [1.29, 1.82) is 0 Å². The van der Waals surface area contributed by atoms with Gasteiger partial charge in [-0.25, -0.2) is 0 Å². The van der Waals surface area contributed by atoms with Crippen LogP contribution in [0.15, 0.2) is 0 Å². The van der Waals surface area contributed by atoms with Gasteiger partial charge in [0.2, 0.25) is 0 Å². The van der Waals surface area contributed by atoms with E-state index in [2.05, 4.69) is 0 Å². The van der Waals surface area contributed by atoms with Crippen molar-refractivity contribution in [2.75, 3.05) is 28.4 Å². The minimum Gasteiger partial charge on any atom is -0.381 e. The van der Waals surface area contributed by atoms with E-state index in [1.807, 2.05) is 7.11 Å². The zero-order chi connectivity index (χ0) is 11.8. The third-order valence-corrected chi connectivity index (χ3v) is 7.72. The van der Waals surface area contributed by atoms with Crippen molar-refractivity contribution < 1.29 is 18.0 Å². The summed E-state index contributed by atoms with van der Waals surface area (Å²) in [7, 11) is 4.50. The van der Waals surface area contributed by atoms with E-state index in [0.29, 0.717) is 23.5 Å². The van der Waals surface area contributed by atoms with E-state index in [-0.39, 0.29) is 0 Å². The van der Waals surface area contributed by atoms with Gasteiger partial charge in [-0.05, 0) is 31.1 Å². The Morgan fingerprint density at radius 3 is 1.81 bits per heavy atom. The molecule has 2 saturated carbocycles. The second kappa shape index (κ2) is 4.74. The van der Waals surface area contributed by atoms with Gasteiger partial charge in [-0.15, -0.1) is 0 Å². The van der Waals surface area contributed by atoms with Gasteiger partial charge in [0.25, 0.3) is 0 Å². The monoisotopic (exact) mass is 246 g/mol. The molecule has 4 atom stereocenters. The van der Waals surface area contributed by atoms with Crippen molar-refractivity contribution in [3.05, 3.63) is 0 Å². The molecule has 0 aromatic carbocycles. The number of hydrogen-bond acceptors (Lipinski definition) is 4. The molecule has 0 amide bonds. The summed E-state index contributed by atoms with van der Waals surface area (Å²) in [6, 6.07) is 0. The van der Waals surface area contributed by atoms with Crippen LogP contribution in [0.25, 0.3) is 0 Å². The average Bonchev–Trinajstić information content (AvgIpc) is 2.91. The van der Waals surface area contributed by atoms with E-state index >= 15 is 0 Å². The number of rotatable bonds is 5. The second-order valence-electron chi connectivity index (χ2n) is 4.82. The molecule has 0 aliphatic heterocycles. The summed E-state index contributed by atoms with van der Waals surface area (Å²) in [5.41, 5.74) is 0.462. The van der Waals surface area contributed by atoms with E-state index in [0.717, 1.165) is 12.8 Å². The molecule has 5 heteroatoms. The first-order chi connectivity index (χ1) is 7.70. The molecule has 4 nitrogen and oxygen atoms in total. The molecule has 0 heterocycles. The Hall–Kier alpha value is 0.0569. The zero-order valence-electron chi connectivity index (χ0n) is 10.6. The number of hydrogen-bond donors (Lipinski definition) is 0. The van der Waals surface area contributed by atoms with Crippen molar-refractivity contribution in [3.63, 3.8) is 0 Å². The normalized spacial score (nSPS) is 38.2. The smallest absolute Gasteiger partial charge is 0.381 e. The molecular weight excluding hydrogens is 224 g/mol. The average molecular weight is 246 g/mol. The maximum Gasteiger partial charge on any atom is 0.503 e. The molecule has 0 spiro atoms. The van der Waals surface area contributed by atoms with Crippen LogP contribution in [0, 0.1) is 11.8 Å². The van der Waals surface area contributed by atoms with Gasteiger partial charge in [-0.3, -0.25) is 0 Å². The summed E-state index contributed by atoms with van der Waals surface area (Å²) < 4.78 is 22.3. The molecule has 0 aromatic rings. The van der Waals surface area contributed by atoms with Gasteiger partial charge in [0.15, 0.2) is 0 Å². The highest BCUT2D eigenvalue weighted by molar-refractivity contribution is 6.62. The Morgan fingerprint density at radius 1 is 0.812 bits per heavy atom. The van der Waals surface area contributed by atoms with Crippen LogP contribution < -0.4 is 0 Å². The van der Waals surface area contributed by atoms with Gasteiger partial charge in [-0.1, -0.05) is 0 Å². The molecule has 2 bridgehead atoms. The van der Waals surface area contributed by atoms with Crippen LogP contribution in [0.2, 0.25) is 5.54 Å². The minimum absolute atomic E-state index is 0.443. The molecule has 0 radical (unpaired) electrons. The topological polar surface area (TPSA) is 36.9 Å². The molecule has 0 saturated heterocycles. The minimum atomic E-state index is -2.44. The molecule has 2 aliphatic carbocycles. The predicted octanol–water partition coefficient (Wildman–Crippen LogP) is 1.68. The molecule has 2 rings (SSSR count). The second-order valence-corrected chi connectivity index (χ2v) is 8.00. The van der Waals surface area contributed by atoms with Crippen molar-refractivity contribution in [2.45, 2.75) is 30.9 Å². The van der Waals surface area contributed by atoms with Crippen LogP contribution in [0.4, 0.5) is 0 Å². The van der Waals surface area contributed by atoms with Gasteiger partial charge < -0.3 is 18.0 Å². The van der Waals surface area contributed by atoms with Crippen LogP contribution in [0.1, 0.15) is 19.3 Å². The third kappa shape index (κ3) is 1.75. The quantitative estimate of drug-likeness (QED) is 0.692. The summed E-state index contributed by atoms with van der Waals surface area (Å²) in [6.07, 6.45) is 3.95. The van der Waals surface area contributed by atoms with Gasteiger partial charge in [0, 0.05) is 34.0 Å². The molecule has 2 aliphatic rings. The Morgan fingerprint density at radius 2 is 1.44 bits per heavy atom. The fourth-order valence-corrected chi connectivity index (χ4v) is 6.50.